The molecule has 0 fully saturated rings. The summed E-state index contributed by atoms with van der Waals surface area (Å²) >= 11 is 0. The van der Waals surface area contributed by atoms with Crippen molar-refractivity contribution in [3.05, 3.63) is 23.8 Å². The topological polar surface area (TPSA) is 72.2 Å². The van der Waals surface area contributed by atoms with E-state index in [2.05, 4.69) is 10.6 Å². The molecule has 0 aliphatic heterocycles. The second-order valence-electron chi connectivity index (χ2n) is 3.56. The zero-order chi connectivity index (χ0) is 13.9. The Hall–Kier alpha value is -1.65. The van der Waals surface area contributed by atoms with Crippen molar-refractivity contribution in [1.82, 2.24) is 4.72 Å². The van der Waals surface area contributed by atoms with Crippen molar-refractivity contribution in [1.29, 1.82) is 0 Å². The lowest BCUT2D eigenvalue weighted by Crippen LogP contribution is -2.33. The third-order valence-electron chi connectivity index (χ3n) is 2.25. The molecular weight excluding hydrogens is 262 g/mol. The summed E-state index contributed by atoms with van der Waals surface area (Å²) in [5.74, 6) is -0.380. The minimum atomic E-state index is -4.02. The van der Waals surface area contributed by atoms with Crippen molar-refractivity contribution >= 4 is 15.7 Å². The summed E-state index contributed by atoms with van der Waals surface area (Å²) < 4.78 is 51.9. The number of sulfonamides is 1. The fraction of sp³-hybridized carbons (Fsp3) is 0.273. The lowest BCUT2D eigenvalue weighted by molar-refractivity contribution is 0.507. The van der Waals surface area contributed by atoms with Crippen LogP contribution in [0.5, 0.6) is 0 Å². The molecular formula is C11H12F2N2O2S. The summed E-state index contributed by atoms with van der Waals surface area (Å²) in [5.41, 5.74) is 4.59. The van der Waals surface area contributed by atoms with E-state index >= 15 is 0 Å². The van der Waals surface area contributed by atoms with E-state index in [0.29, 0.717) is 12.5 Å². The summed E-state index contributed by atoms with van der Waals surface area (Å²) in [6, 6.07) is 0.672. The lowest BCUT2D eigenvalue weighted by Gasteiger charge is -2.12. The molecule has 0 amide bonds. The maximum atomic E-state index is 13.1. The van der Waals surface area contributed by atoms with Crippen LogP contribution in [-0.2, 0) is 10.0 Å². The highest BCUT2D eigenvalue weighted by molar-refractivity contribution is 7.89. The average molecular weight is 274 g/mol. The Balaban J connectivity index is 3.18. The van der Waals surface area contributed by atoms with Gasteiger partial charge in [-0.05, 0) is 18.6 Å². The van der Waals surface area contributed by atoms with Gasteiger partial charge in [-0.25, -0.2) is 17.2 Å². The molecule has 4 nitrogen and oxygen atoms in total. The van der Waals surface area contributed by atoms with Crippen LogP contribution >= 0.6 is 0 Å². The lowest BCUT2D eigenvalue weighted by atomic mass is 10.3. The number of nitrogen functional groups attached to an aromatic ring is 1. The number of hydrogen-bond donors (Lipinski definition) is 2. The highest BCUT2D eigenvalue weighted by atomic mass is 32.2. The van der Waals surface area contributed by atoms with Crippen molar-refractivity contribution in [3.8, 4) is 12.3 Å². The molecule has 1 aromatic carbocycles. The summed E-state index contributed by atoms with van der Waals surface area (Å²) in [4.78, 5) is -0.465. The largest absolute Gasteiger partial charge is 0.396 e. The molecule has 0 aliphatic rings. The van der Waals surface area contributed by atoms with Gasteiger partial charge >= 0.3 is 0 Å². The first-order valence-corrected chi connectivity index (χ1v) is 6.53. The van der Waals surface area contributed by atoms with Crippen LogP contribution in [0, 0.1) is 24.0 Å². The molecule has 1 rings (SSSR count). The van der Waals surface area contributed by atoms with E-state index in [4.69, 9.17) is 12.2 Å². The van der Waals surface area contributed by atoms with Gasteiger partial charge in [-0.2, -0.15) is 4.72 Å². The van der Waals surface area contributed by atoms with E-state index in [-0.39, 0.29) is 0 Å². The van der Waals surface area contributed by atoms with E-state index in [0.717, 1.165) is 6.07 Å². The average Bonchev–Trinajstić information content (AvgIpc) is 2.32. The van der Waals surface area contributed by atoms with Crippen molar-refractivity contribution in [3.63, 3.8) is 0 Å². The van der Waals surface area contributed by atoms with Crippen molar-refractivity contribution in [2.75, 3.05) is 5.73 Å². The predicted octanol–water partition coefficient (Wildman–Crippen LogP) is 1.24. The van der Waals surface area contributed by atoms with Crippen LogP contribution in [0.2, 0.25) is 0 Å². The minimum Gasteiger partial charge on any atom is -0.396 e. The summed E-state index contributed by atoms with van der Waals surface area (Å²) in [5, 5.41) is 0. The number of anilines is 1. The Bertz CT molecular complexity index is 571. The number of hydrogen-bond acceptors (Lipinski definition) is 3. The van der Waals surface area contributed by atoms with Gasteiger partial charge < -0.3 is 5.73 Å². The Morgan fingerprint density at radius 2 is 2.11 bits per heavy atom. The summed E-state index contributed by atoms with van der Waals surface area (Å²) in [6.45, 7) is 1.69. The van der Waals surface area contributed by atoms with Crippen LogP contribution in [-0.4, -0.2) is 14.5 Å². The van der Waals surface area contributed by atoms with E-state index in [1.807, 2.05) is 0 Å². The van der Waals surface area contributed by atoms with Crippen LogP contribution in [0.1, 0.15) is 13.3 Å². The molecule has 0 radical (unpaired) electrons. The third kappa shape index (κ3) is 2.97. The molecule has 1 aromatic rings. The molecule has 1 unspecified atom stereocenters. The normalized spacial score (nSPS) is 13.0. The number of halogens is 2. The Morgan fingerprint density at radius 3 is 2.56 bits per heavy atom. The van der Waals surface area contributed by atoms with E-state index in [9.17, 15) is 17.2 Å². The van der Waals surface area contributed by atoms with Crippen molar-refractivity contribution in [2.45, 2.75) is 24.3 Å². The fourth-order valence-electron chi connectivity index (χ4n) is 1.23. The van der Waals surface area contributed by atoms with E-state index in [1.54, 1.807) is 6.92 Å². The van der Waals surface area contributed by atoms with Gasteiger partial charge in [-0.15, -0.1) is 6.42 Å². The monoisotopic (exact) mass is 274 g/mol. The molecule has 0 saturated heterocycles. The summed E-state index contributed by atoms with van der Waals surface area (Å²) in [7, 11) is -4.02. The maximum Gasteiger partial charge on any atom is 0.241 e. The number of nitrogens with one attached hydrogen (secondary N) is 1. The van der Waals surface area contributed by atoms with Crippen LogP contribution in [0.15, 0.2) is 17.0 Å². The first-order valence-electron chi connectivity index (χ1n) is 5.04. The van der Waals surface area contributed by atoms with Gasteiger partial charge in [0, 0.05) is 0 Å². The Labute approximate surface area is 104 Å². The molecule has 0 aromatic heterocycles. The molecule has 98 valence electrons. The van der Waals surface area contributed by atoms with E-state index < -0.39 is 38.3 Å². The SMILES string of the molecule is C#CC(CC)NS(=O)(=O)c1cc(N)c(F)c(F)c1. The highest BCUT2D eigenvalue weighted by Gasteiger charge is 2.21. The van der Waals surface area contributed by atoms with Crippen molar-refractivity contribution in [2.24, 2.45) is 0 Å². The van der Waals surface area contributed by atoms with Gasteiger partial charge in [0.15, 0.2) is 11.6 Å². The van der Waals surface area contributed by atoms with Gasteiger partial charge in [0.2, 0.25) is 10.0 Å². The zero-order valence-corrected chi connectivity index (χ0v) is 10.4. The molecule has 0 bridgehead atoms. The van der Waals surface area contributed by atoms with E-state index in [1.165, 1.54) is 0 Å². The Kier molecular flexibility index (Phi) is 4.27. The van der Waals surface area contributed by atoms with Crippen molar-refractivity contribution < 1.29 is 17.2 Å². The first-order chi connectivity index (χ1) is 8.31. The smallest absolute Gasteiger partial charge is 0.241 e. The number of nitrogens with two attached hydrogens (primary N) is 1. The molecule has 1 atom stereocenters. The maximum absolute atomic E-state index is 13.1. The Morgan fingerprint density at radius 1 is 1.50 bits per heavy atom. The van der Waals surface area contributed by atoms with Gasteiger partial charge in [0.1, 0.15) is 0 Å². The second kappa shape index (κ2) is 5.33. The minimum absolute atomic E-state index is 0.370. The molecule has 0 saturated carbocycles. The number of benzene rings is 1. The third-order valence-corrected chi connectivity index (χ3v) is 3.70. The zero-order valence-electron chi connectivity index (χ0n) is 9.57. The molecule has 0 aliphatic carbocycles. The fourth-order valence-corrected chi connectivity index (χ4v) is 2.52. The standard InChI is InChI=1S/C11H12F2N2O2S/c1-3-7(4-2)15-18(16,17)8-5-9(12)11(13)10(14)6-8/h1,5-7,15H,4,14H2,2H3. The molecule has 0 spiro atoms. The van der Waals surface area contributed by atoms with Crippen LogP contribution in [0.25, 0.3) is 0 Å². The predicted molar refractivity (Wildman–Crippen MR) is 64.0 cm³/mol. The molecule has 18 heavy (non-hydrogen) atoms. The number of rotatable bonds is 4. The second-order valence-corrected chi connectivity index (χ2v) is 5.27. The van der Waals surface area contributed by atoms with Gasteiger partial charge in [-0.3, -0.25) is 0 Å². The molecule has 7 heteroatoms. The quantitative estimate of drug-likeness (QED) is 0.641. The first kappa shape index (κ1) is 14.4. The van der Waals surface area contributed by atoms with Crippen LogP contribution in [0.3, 0.4) is 0 Å². The summed E-state index contributed by atoms with van der Waals surface area (Å²) in [6.07, 6.45) is 5.49. The number of terminal acetylenes is 1. The van der Waals surface area contributed by atoms with Gasteiger partial charge in [0.25, 0.3) is 0 Å². The molecule has 3 N–H and O–H groups in total. The highest BCUT2D eigenvalue weighted by Crippen LogP contribution is 2.20. The van der Waals surface area contributed by atoms with Gasteiger partial charge in [-0.1, -0.05) is 12.8 Å². The van der Waals surface area contributed by atoms with Crippen LogP contribution in [0.4, 0.5) is 14.5 Å². The van der Waals surface area contributed by atoms with Gasteiger partial charge in [0.05, 0.1) is 16.6 Å². The molecule has 0 heterocycles. The van der Waals surface area contributed by atoms with Crippen LogP contribution < -0.4 is 10.5 Å².